The molecule has 0 spiro atoms. The molecule has 18 heavy (non-hydrogen) atoms. The van der Waals surface area contributed by atoms with Gasteiger partial charge in [-0.15, -0.1) is 0 Å². The van der Waals surface area contributed by atoms with Crippen LogP contribution in [0.25, 0.3) is 0 Å². The maximum Gasteiger partial charge on any atom is 0.320 e. The Labute approximate surface area is 109 Å². The molecule has 1 aliphatic heterocycles. The van der Waals surface area contributed by atoms with E-state index in [1.165, 1.54) is 0 Å². The van der Waals surface area contributed by atoms with Gasteiger partial charge < -0.3 is 14.9 Å². The van der Waals surface area contributed by atoms with E-state index in [4.69, 9.17) is 0 Å². The minimum absolute atomic E-state index is 0.0547. The zero-order chi connectivity index (χ0) is 13.9. The Morgan fingerprint density at radius 1 is 1.44 bits per heavy atom. The van der Waals surface area contributed by atoms with Gasteiger partial charge in [0.25, 0.3) is 0 Å². The molecule has 0 aromatic carbocycles. The number of carboxylic acids is 1. The highest BCUT2D eigenvalue weighted by Gasteiger charge is 2.45. The Balaban J connectivity index is 2.72. The van der Waals surface area contributed by atoms with Gasteiger partial charge in [-0.1, -0.05) is 13.8 Å². The van der Waals surface area contributed by atoms with Gasteiger partial charge in [0.15, 0.2) is 0 Å². The lowest BCUT2D eigenvalue weighted by molar-refractivity contribution is -0.148. The van der Waals surface area contributed by atoms with Crippen molar-refractivity contribution < 1.29 is 14.7 Å². The molecule has 0 aromatic heterocycles. The van der Waals surface area contributed by atoms with Crippen molar-refractivity contribution in [3.8, 4) is 0 Å². The van der Waals surface area contributed by atoms with Crippen molar-refractivity contribution in [1.82, 2.24) is 9.80 Å². The largest absolute Gasteiger partial charge is 0.481 e. The Hall–Kier alpha value is -1.26. The number of carbonyl (C=O) groups excluding carboxylic acids is 1. The van der Waals surface area contributed by atoms with Crippen molar-refractivity contribution >= 4 is 12.0 Å². The summed E-state index contributed by atoms with van der Waals surface area (Å²) in [6.07, 6.45) is 2.02. The van der Waals surface area contributed by atoms with Crippen LogP contribution in [0.2, 0.25) is 0 Å². The van der Waals surface area contributed by atoms with Crippen LogP contribution in [0, 0.1) is 5.41 Å². The molecule has 2 atom stereocenters. The molecule has 5 nitrogen and oxygen atoms in total. The summed E-state index contributed by atoms with van der Waals surface area (Å²) in [5.74, 6) is -0.786. The van der Waals surface area contributed by atoms with Crippen LogP contribution in [-0.2, 0) is 4.79 Å². The normalized spacial score (nSPS) is 25.0. The van der Waals surface area contributed by atoms with Crippen molar-refractivity contribution in [2.45, 2.75) is 46.1 Å². The molecular weight excluding hydrogens is 232 g/mol. The smallest absolute Gasteiger partial charge is 0.320 e. The number of carbonyl (C=O) groups is 2. The van der Waals surface area contributed by atoms with Crippen LogP contribution in [0.5, 0.6) is 0 Å². The van der Waals surface area contributed by atoms with Crippen LogP contribution in [-0.4, -0.2) is 53.1 Å². The first kappa shape index (κ1) is 14.8. The minimum atomic E-state index is -0.786. The third-order valence-electron chi connectivity index (χ3n) is 4.31. The fourth-order valence-corrected chi connectivity index (χ4v) is 2.34. The highest BCUT2D eigenvalue weighted by atomic mass is 16.4. The summed E-state index contributed by atoms with van der Waals surface area (Å²) >= 11 is 0. The first-order valence-electron chi connectivity index (χ1n) is 6.63. The van der Waals surface area contributed by atoms with Crippen LogP contribution < -0.4 is 0 Å². The van der Waals surface area contributed by atoms with Crippen LogP contribution in [0.3, 0.4) is 0 Å². The number of aliphatic carboxylic acids is 1. The molecular formula is C13H24N2O3. The van der Waals surface area contributed by atoms with E-state index in [1.807, 2.05) is 20.8 Å². The van der Waals surface area contributed by atoms with Crippen LogP contribution in [0.15, 0.2) is 0 Å². The standard InChI is InChI=1S/C13H24N2O3/c1-5-10(3)14(4)12(18)15-8-7-13(6-2,9-15)11(16)17/h10H,5-9H2,1-4H3,(H,16,17). The number of rotatable bonds is 4. The topological polar surface area (TPSA) is 60.9 Å². The molecule has 0 saturated carbocycles. The van der Waals surface area contributed by atoms with Gasteiger partial charge in [0.05, 0.1) is 5.41 Å². The van der Waals surface area contributed by atoms with Gasteiger partial charge in [-0.3, -0.25) is 4.79 Å². The van der Waals surface area contributed by atoms with Gasteiger partial charge in [-0.25, -0.2) is 4.79 Å². The lowest BCUT2D eigenvalue weighted by Gasteiger charge is -2.30. The van der Waals surface area contributed by atoms with E-state index in [-0.39, 0.29) is 12.1 Å². The molecule has 1 rings (SSSR count). The molecule has 2 amide bonds. The van der Waals surface area contributed by atoms with Gasteiger partial charge >= 0.3 is 12.0 Å². The van der Waals surface area contributed by atoms with Gasteiger partial charge in [-0.05, 0) is 26.2 Å². The molecule has 0 aromatic rings. The van der Waals surface area contributed by atoms with Crippen molar-refractivity contribution in [3.63, 3.8) is 0 Å². The Bertz CT molecular complexity index is 332. The molecule has 1 heterocycles. The summed E-state index contributed by atoms with van der Waals surface area (Å²) in [4.78, 5) is 26.9. The molecule has 104 valence electrons. The van der Waals surface area contributed by atoms with Crippen LogP contribution in [0.1, 0.15) is 40.0 Å². The van der Waals surface area contributed by atoms with E-state index in [0.29, 0.717) is 25.9 Å². The maximum atomic E-state index is 12.2. The molecule has 0 aliphatic carbocycles. The van der Waals surface area contributed by atoms with Crippen LogP contribution in [0.4, 0.5) is 4.79 Å². The van der Waals surface area contributed by atoms with Crippen molar-refractivity contribution in [2.75, 3.05) is 20.1 Å². The zero-order valence-corrected chi connectivity index (χ0v) is 11.8. The van der Waals surface area contributed by atoms with E-state index in [9.17, 15) is 14.7 Å². The van der Waals surface area contributed by atoms with Crippen molar-refractivity contribution in [3.05, 3.63) is 0 Å². The quantitative estimate of drug-likeness (QED) is 0.837. The fourth-order valence-electron chi connectivity index (χ4n) is 2.34. The summed E-state index contributed by atoms with van der Waals surface area (Å²) in [6, 6.07) is 0.125. The minimum Gasteiger partial charge on any atom is -0.481 e. The summed E-state index contributed by atoms with van der Waals surface area (Å²) in [7, 11) is 1.78. The molecule has 0 radical (unpaired) electrons. The van der Waals surface area contributed by atoms with E-state index < -0.39 is 11.4 Å². The van der Waals surface area contributed by atoms with Crippen LogP contribution >= 0.6 is 0 Å². The number of hydrogen-bond acceptors (Lipinski definition) is 2. The van der Waals surface area contributed by atoms with Crippen molar-refractivity contribution in [2.24, 2.45) is 5.41 Å². The fraction of sp³-hybridized carbons (Fsp3) is 0.846. The number of nitrogens with zero attached hydrogens (tertiary/aromatic N) is 2. The summed E-state index contributed by atoms with van der Waals surface area (Å²) < 4.78 is 0. The molecule has 1 N–H and O–H groups in total. The summed E-state index contributed by atoms with van der Waals surface area (Å²) in [5.41, 5.74) is -0.744. The second-order valence-electron chi connectivity index (χ2n) is 5.26. The number of carboxylic acid groups (broad SMARTS) is 1. The first-order chi connectivity index (χ1) is 8.38. The number of likely N-dealkylation sites (tertiary alicyclic amines) is 1. The monoisotopic (exact) mass is 256 g/mol. The third kappa shape index (κ3) is 2.60. The van der Waals surface area contributed by atoms with E-state index in [1.54, 1.807) is 16.8 Å². The predicted molar refractivity (Wildman–Crippen MR) is 69.5 cm³/mol. The highest BCUT2D eigenvalue weighted by Crippen LogP contribution is 2.34. The number of amides is 2. The van der Waals surface area contributed by atoms with E-state index in [0.717, 1.165) is 6.42 Å². The average molecular weight is 256 g/mol. The van der Waals surface area contributed by atoms with Gasteiger partial charge in [0.1, 0.15) is 0 Å². The lowest BCUT2D eigenvalue weighted by Crippen LogP contribution is -2.45. The molecule has 2 unspecified atom stereocenters. The molecule has 1 saturated heterocycles. The lowest BCUT2D eigenvalue weighted by atomic mass is 9.84. The Kier molecular flexibility index (Phi) is 4.59. The number of urea groups is 1. The second kappa shape index (κ2) is 5.59. The number of hydrogen-bond donors (Lipinski definition) is 1. The third-order valence-corrected chi connectivity index (χ3v) is 4.31. The SMILES string of the molecule is CCC(C)N(C)C(=O)N1CCC(CC)(C(=O)O)C1. The maximum absolute atomic E-state index is 12.2. The molecule has 0 bridgehead atoms. The van der Waals surface area contributed by atoms with Gasteiger partial charge in [0.2, 0.25) is 0 Å². The van der Waals surface area contributed by atoms with Gasteiger partial charge in [0, 0.05) is 26.2 Å². The Morgan fingerprint density at radius 2 is 2.06 bits per heavy atom. The average Bonchev–Trinajstić information content (AvgIpc) is 2.81. The second-order valence-corrected chi connectivity index (χ2v) is 5.26. The Morgan fingerprint density at radius 3 is 2.44 bits per heavy atom. The summed E-state index contributed by atoms with van der Waals surface area (Å²) in [6.45, 7) is 6.78. The van der Waals surface area contributed by atoms with E-state index >= 15 is 0 Å². The van der Waals surface area contributed by atoms with Gasteiger partial charge in [-0.2, -0.15) is 0 Å². The predicted octanol–water partition coefficient (Wildman–Crippen LogP) is 2.02. The van der Waals surface area contributed by atoms with Crippen molar-refractivity contribution in [1.29, 1.82) is 0 Å². The zero-order valence-electron chi connectivity index (χ0n) is 11.8. The first-order valence-corrected chi connectivity index (χ1v) is 6.63. The molecule has 5 heteroatoms. The molecule has 1 fully saturated rings. The highest BCUT2D eigenvalue weighted by molar-refractivity contribution is 5.79. The van der Waals surface area contributed by atoms with E-state index in [2.05, 4.69) is 0 Å². The molecule has 1 aliphatic rings. The summed E-state index contributed by atoms with van der Waals surface area (Å²) in [5, 5.41) is 9.31.